The molecule has 6 rings (SSSR count). The molecule has 2 N–H and O–H groups in total. The van der Waals surface area contributed by atoms with Crippen molar-refractivity contribution in [1.29, 1.82) is 0 Å². The van der Waals surface area contributed by atoms with Gasteiger partial charge in [0.25, 0.3) is 5.91 Å². The maximum absolute atomic E-state index is 14.0. The number of nitrogens with one attached hydrogen (secondary N) is 1. The number of piperidine rings is 2. The number of fused-ring (bicyclic) bond motifs is 1. The van der Waals surface area contributed by atoms with Crippen LogP contribution in [0.5, 0.6) is 5.75 Å². The highest BCUT2D eigenvalue weighted by atomic mass is 79.9. The Balaban J connectivity index is 1.08. The number of benzene rings is 2. The molecule has 11 nitrogen and oxygen atoms in total. The highest BCUT2D eigenvalue weighted by molar-refractivity contribution is 9.11. The lowest BCUT2D eigenvalue weighted by molar-refractivity contribution is -0.143. The Kier molecular flexibility index (Phi) is 10.9. The van der Waals surface area contributed by atoms with E-state index in [2.05, 4.69) is 54.0 Å². The summed E-state index contributed by atoms with van der Waals surface area (Å²) in [5.41, 5.74) is 2.73. The second kappa shape index (κ2) is 15.1. The van der Waals surface area contributed by atoms with Crippen molar-refractivity contribution in [2.75, 3.05) is 71.3 Å². The van der Waals surface area contributed by atoms with Crippen LogP contribution in [0.1, 0.15) is 36.8 Å². The molecule has 0 aliphatic carbocycles. The van der Waals surface area contributed by atoms with Gasteiger partial charge in [0, 0.05) is 70.0 Å². The summed E-state index contributed by atoms with van der Waals surface area (Å²) in [7, 11) is 2.16. The first kappa shape index (κ1) is 34.0. The molecule has 2 aromatic carbocycles. The summed E-state index contributed by atoms with van der Waals surface area (Å²) in [6.07, 6.45) is 2.98. The molecule has 13 heteroatoms. The number of rotatable bonds is 6. The average molecular weight is 777 g/mol. The first-order valence-electron chi connectivity index (χ1n) is 16.7. The van der Waals surface area contributed by atoms with Crippen LogP contribution >= 0.6 is 31.9 Å². The Labute approximate surface area is 293 Å². The van der Waals surface area contributed by atoms with E-state index in [9.17, 15) is 19.5 Å². The molecule has 1 atom stereocenters. The molecule has 4 aliphatic heterocycles. The number of para-hydroxylation sites is 1. The van der Waals surface area contributed by atoms with Gasteiger partial charge in [0.05, 0.1) is 8.95 Å². The number of nitrogens with zero attached hydrogens (tertiary/aromatic N) is 5. The fraction of sp³-hybridized carbons (Fsp3) is 0.559. The fourth-order valence-corrected chi connectivity index (χ4v) is 8.58. The molecule has 2 aromatic rings. The van der Waals surface area contributed by atoms with Crippen molar-refractivity contribution in [3.63, 3.8) is 0 Å². The molecule has 4 heterocycles. The van der Waals surface area contributed by atoms with Crippen molar-refractivity contribution in [3.8, 4) is 5.75 Å². The van der Waals surface area contributed by atoms with Crippen LogP contribution in [0.15, 0.2) is 45.3 Å². The lowest BCUT2D eigenvalue weighted by atomic mass is 10.0. The highest BCUT2D eigenvalue weighted by Gasteiger charge is 2.36. The molecule has 0 saturated carbocycles. The number of halogens is 2. The Hall–Kier alpha value is -2.87. The minimum absolute atomic E-state index is 0.0124. The minimum Gasteiger partial charge on any atom is -0.506 e. The van der Waals surface area contributed by atoms with E-state index in [0.717, 1.165) is 62.3 Å². The number of phenolic OH excluding ortho intramolecular Hbond substituents is 1. The zero-order valence-corrected chi connectivity index (χ0v) is 30.0. The zero-order valence-electron chi connectivity index (χ0n) is 26.9. The smallest absolute Gasteiger partial charge is 0.410 e. The predicted molar refractivity (Wildman–Crippen MR) is 187 cm³/mol. The van der Waals surface area contributed by atoms with Crippen molar-refractivity contribution >= 4 is 55.6 Å². The topological polar surface area (TPSA) is 109 Å². The van der Waals surface area contributed by atoms with E-state index >= 15 is 0 Å². The Morgan fingerprint density at radius 2 is 1.53 bits per heavy atom. The van der Waals surface area contributed by atoms with Gasteiger partial charge in [-0.2, -0.15) is 0 Å². The monoisotopic (exact) mass is 774 g/mol. The largest absolute Gasteiger partial charge is 0.506 e. The summed E-state index contributed by atoms with van der Waals surface area (Å²) in [6, 6.07) is 11.8. The molecule has 4 amide bonds. The standard InChI is InChI=1S/C34H44Br2N6O5/c1-38-11-7-25(8-12-38)39-16-18-40(19-17-39)32(44)30(22-23-20-27(35)31(43)28(36)21-23)47-34(46)41-13-9-26(10-14-41)42-15-6-24-4-2-3-5-29(24)37-33(42)45/h2-5,20-21,25-26,30,43H,6-19,22H2,1H3,(H,37,45)/t30-/m1/s1. The normalized spacial score (nSPS) is 21.2. The third-order valence-corrected chi connectivity index (χ3v) is 11.4. The molecule has 0 spiro atoms. The van der Waals surface area contributed by atoms with E-state index in [1.54, 1.807) is 17.0 Å². The number of likely N-dealkylation sites (tertiary alicyclic amines) is 2. The minimum atomic E-state index is -1.01. The van der Waals surface area contributed by atoms with Gasteiger partial charge in [0.1, 0.15) is 5.75 Å². The molecule has 0 bridgehead atoms. The number of piperazine rings is 1. The average Bonchev–Trinajstić information content (AvgIpc) is 3.25. The maximum atomic E-state index is 14.0. The molecule has 4 aliphatic rings. The number of hydrogen-bond acceptors (Lipinski definition) is 7. The fourth-order valence-electron chi connectivity index (χ4n) is 7.29. The maximum Gasteiger partial charge on any atom is 0.410 e. The summed E-state index contributed by atoms with van der Waals surface area (Å²) in [6.45, 7) is 6.48. The quantitative estimate of drug-likeness (QED) is 0.436. The number of hydrogen-bond donors (Lipinski definition) is 2. The van der Waals surface area contributed by atoms with Crippen molar-refractivity contribution in [2.45, 2.75) is 56.7 Å². The zero-order chi connectivity index (χ0) is 33.1. The van der Waals surface area contributed by atoms with Crippen molar-refractivity contribution < 1.29 is 24.2 Å². The van der Waals surface area contributed by atoms with Crippen LogP contribution in [0.4, 0.5) is 15.3 Å². The predicted octanol–water partition coefficient (Wildman–Crippen LogP) is 4.76. The third-order valence-electron chi connectivity index (χ3n) is 10.2. The number of ether oxygens (including phenoxy) is 1. The molecule has 254 valence electrons. The highest BCUT2D eigenvalue weighted by Crippen LogP contribution is 2.34. The van der Waals surface area contributed by atoms with Gasteiger partial charge in [-0.05, 0) is 113 Å². The summed E-state index contributed by atoms with van der Waals surface area (Å²) < 4.78 is 7.02. The summed E-state index contributed by atoms with van der Waals surface area (Å²) >= 11 is 6.77. The molecule has 0 aromatic heterocycles. The van der Waals surface area contributed by atoms with Crippen LogP contribution in [0.25, 0.3) is 0 Å². The van der Waals surface area contributed by atoms with Gasteiger partial charge in [-0.1, -0.05) is 18.2 Å². The van der Waals surface area contributed by atoms with Gasteiger partial charge < -0.3 is 34.8 Å². The Bertz CT molecular complexity index is 1430. The molecule has 3 saturated heterocycles. The van der Waals surface area contributed by atoms with Crippen LogP contribution in [-0.2, 0) is 22.4 Å². The van der Waals surface area contributed by atoms with E-state index in [1.165, 1.54) is 0 Å². The third kappa shape index (κ3) is 8.06. The van der Waals surface area contributed by atoms with Crippen LogP contribution in [0, 0.1) is 0 Å². The lowest BCUT2D eigenvalue weighted by Crippen LogP contribution is -2.56. The van der Waals surface area contributed by atoms with Gasteiger partial charge in [-0.15, -0.1) is 0 Å². The van der Waals surface area contributed by atoms with Crippen LogP contribution in [0.3, 0.4) is 0 Å². The number of urea groups is 1. The van der Waals surface area contributed by atoms with Crippen LogP contribution in [0.2, 0.25) is 0 Å². The van der Waals surface area contributed by atoms with Crippen molar-refractivity contribution in [3.05, 3.63) is 56.5 Å². The number of anilines is 1. The van der Waals surface area contributed by atoms with Crippen LogP contribution in [-0.4, -0.2) is 132 Å². The van der Waals surface area contributed by atoms with E-state index in [0.29, 0.717) is 60.6 Å². The number of phenols is 1. The first-order valence-corrected chi connectivity index (χ1v) is 18.2. The van der Waals surface area contributed by atoms with Gasteiger partial charge in [0.15, 0.2) is 6.10 Å². The second-order valence-corrected chi connectivity index (χ2v) is 14.8. The van der Waals surface area contributed by atoms with E-state index < -0.39 is 12.2 Å². The number of amides is 4. The lowest BCUT2D eigenvalue weighted by Gasteiger charge is -2.42. The Morgan fingerprint density at radius 3 is 2.21 bits per heavy atom. The van der Waals surface area contributed by atoms with Crippen molar-refractivity contribution in [1.82, 2.24) is 24.5 Å². The first-order chi connectivity index (χ1) is 22.7. The molecule has 47 heavy (non-hydrogen) atoms. The van der Waals surface area contributed by atoms with Gasteiger partial charge in [-0.25, -0.2) is 9.59 Å². The van der Waals surface area contributed by atoms with E-state index in [-0.39, 0.29) is 30.2 Å². The molecule has 3 fully saturated rings. The number of carbonyl (C=O) groups excluding carboxylic acids is 3. The van der Waals surface area contributed by atoms with Crippen LogP contribution < -0.4 is 5.32 Å². The second-order valence-electron chi connectivity index (χ2n) is 13.1. The van der Waals surface area contributed by atoms with Crippen molar-refractivity contribution in [2.24, 2.45) is 0 Å². The number of carbonyl (C=O) groups is 3. The molecular formula is C34H44Br2N6O5. The molecule has 0 radical (unpaired) electrons. The van der Waals surface area contributed by atoms with Gasteiger partial charge in [0.2, 0.25) is 0 Å². The summed E-state index contributed by atoms with van der Waals surface area (Å²) in [5.74, 6) is -0.124. The van der Waals surface area contributed by atoms with Gasteiger partial charge in [-0.3, -0.25) is 9.69 Å². The van der Waals surface area contributed by atoms with E-state index in [4.69, 9.17) is 4.74 Å². The Morgan fingerprint density at radius 1 is 0.894 bits per heavy atom. The molecule has 0 unspecified atom stereocenters. The SMILES string of the molecule is CN1CCC(N2CCN(C(=O)[C@@H](Cc3cc(Br)c(O)c(Br)c3)OC(=O)N3CCC(N4CCc5ccccc5NC4=O)CC3)CC2)CC1. The van der Waals surface area contributed by atoms with E-state index in [1.807, 2.05) is 34.1 Å². The molecular weight excluding hydrogens is 732 g/mol. The summed E-state index contributed by atoms with van der Waals surface area (Å²) in [4.78, 5) is 50.9. The number of aromatic hydroxyl groups is 1. The summed E-state index contributed by atoms with van der Waals surface area (Å²) in [5, 5.41) is 13.3. The van der Waals surface area contributed by atoms with Gasteiger partial charge >= 0.3 is 12.1 Å².